The van der Waals surface area contributed by atoms with E-state index in [2.05, 4.69) is 26.2 Å². The summed E-state index contributed by atoms with van der Waals surface area (Å²) in [5.41, 5.74) is 1.46. The highest BCUT2D eigenvalue weighted by molar-refractivity contribution is 9.10. The molecular formula is C14H13BrN2O2. The SMILES string of the molecule is COc1ccc(C(=O)Nc2ncccc2C)cc1Br. The first-order valence-electron chi connectivity index (χ1n) is 5.68. The van der Waals surface area contributed by atoms with Crippen molar-refractivity contribution in [3.8, 4) is 5.75 Å². The number of hydrogen-bond donors (Lipinski definition) is 1. The fourth-order valence-electron chi connectivity index (χ4n) is 1.60. The van der Waals surface area contributed by atoms with Crippen molar-refractivity contribution in [3.63, 3.8) is 0 Å². The highest BCUT2D eigenvalue weighted by atomic mass is 79.9. The van der Waals surface area contributed by atoms with Gasteiger partial charge in [0.2, 0.25) is 0 Å². The van der Waals surface area contributed by atoms with Gasteiger partial charge in [0.15, 0.2) is 0 Å². The number of aryl methyl sites for hydroxylation is 1. The van der Waals surface area contributed by atoms with Crippen molar-refractivity contribution in [2.75, 3.05) is 12.4 Å². The van der Waals surface area contributed by atoms with Crippen LogP contribution in [0.5, 0.6) is 5.75 Å². The lowest BCUT2D eigenvalue weighted by molar-refractivity contribution is 0.102. The molecule has 0 aliphatic rings. The van der Waals surface area contributed by atoms with Crippen LogP contribution in [-0.2, 0) is 0 Å². The van der Waals surface area contributed by atoms with Crippen molar-refractivity contribution >= 4 is 27.7 Å². The van der Waals surface area contributed by atoms with Gasteiger partial charge in [-0.15, -0.1) is 0 Å². The van der Waals surface area contributed by atoms with E-state index < -0.39 is 0 Å². The molecule has 0 saturated carbocycles. The summed E-state index contributed by atoms with van der Waals surface area (Å²) in [5, 5.41) is 2.78. The van der Waals surface area contributed by atoms with Gasteiger partial charge in [-0.1, -0.05) is 6.07 Å². The summed E-state index contributed by atoms with van der Waals surface area (Å²) in [4.78, 5) is 16.2. The first-order valence-corrected chi connectivity index (χ1v) is 6.47. The van der Waals surface area contributed by atoms with Crippen LogP contribution in [0, 0.1) is 6.92 Å². The third-order valence-electron chi connectivity index (χ3n) is 2.66. The van der Waals surface area contributed by atoms with Gasteiger partial charge in [0, 0.05) is 11.8 Å². The third kappa shape index (κ3) is 3.12. The molecule has 0 aliphatic carbocycles. The maximum atomic E-state index is 12.1. The van der Waals surface area contributed by atoms with Gasteiger partial charge in [-0.2, -0.15) is 0 Å². The minimum atomic E-state index is -0.204. The highest BCUT2D eigenvalue weighted by Crippen LogP contribution is 2.25. The molecule has 98 valence electrons. The van der Waals surface area contributed by atoms with E-state index >= 15 is 0 Å². The molecule has 19 heavy (non-hydrogen) atoms. The second-order valence-electron chi connectivity index (χ2n) is 3.97. The van der Waals surface area contributed by atoms with E-state index in [-0.39, 0.29) is 5.91 Å². The van der Waals surface area contributed by atoms with E-state index in [1.165, 1.54) is 0 Å². The van der Waals surface area contributed by atoms with Gasteiger partial charge in [0.1, 0.15) is 11.6 Å². The van der Waals surface area contributed by atoms with Gasteiger partial charge in [-0.05, 0) is 52.7 Å². The second kappa shape index (κ2) is 5.84. The topological polar surface area (TPSA) is 51.2 Å². The number of aromatic nitrogens is 1. The molecule has 0 saturated heterocycles. The standard InChI is InChI=1S/C14H13BrN2O2/c1-9-4-3-7-16-13(9)17-14(18)10-5-6-12(19-2)11(15)8-10/h3-8H,1-2H3,(H,16,17,18). The monoisotopic (exact) mass is 320 g/mol. The first kappa shape index (κ1) is 13.5. The molecule has 0 unspecified atom stereocenters. The molecule has 2 rings (SSSR count). The van der Waals surface area contributed by atoms with Gasteiger partial charge in [-0.25, -0.2) is 4.98 Å². The Morgan fingerprint density at radius 2 is 2.16 bits per heavy atom. The number of carbonyl (C=O) groups excluding carboxylic acids is 1. The number of nitrogens with one attached hydrogen (secondary N) is 1. The van der Waals surface area contributed by atoms with Crippen molar-refractivity contribution in [2.24, 2.45) is 0 Å². The van der Waals surface area contributed by atoms with Gasteiger partial charge in [0.05, 0.1) is 11.6 Å². The molecule has 1 N–H and O–H groups in total. The normalized spacial score (nSPS) is 10.1. The Bertz CT molecular complexity index is 614. The summed E-state index contributed by atoms with van der Waals surface area (Å²) in [6.07, 6.45) is 1.65. The molecule has 4 nitrogen and oxygen atoms in total. The van der Waals surface area contributed by atoms with Crippen molar-refractivity contribution in [1.29, 1.82) is 0 Å². The average molecular weight is 321 g/mol. The third-order valence-corrected chi connectivity index (χ3v) is 3.28. The fourth-order valence-corrected chi connectivity index (χ4v) is 2.14. The number of methoxy groups -OCH3 is 1. The van der Waals surface area contributed by atoms with Gasteiger partial charge >= 0.3 is 0 Å². The Labute approximate surface area is 119 Å². The van der Waals surface area contributed by atoms with Crippen molar-refractivity contribution < 1.29 is 9.53 Å². The summed E-state index contributed by atoms with van der Waals surface area (Å²) in [7, 11) is 1.58. The van der Waals surface area contributed by atoms with E-state index in [9.17, 15) is 4.79 Å². The fraction of sp³-hybridized carbons (Fsp3) is 0.143. The molecule has 1 amide bonds. The van der Waals surface area contributed by atoms with Crippen LogP contribution in [0.25, 0.3) is 0 Å². The Morgan fingerprint density at radius 1 is 1.37 bits per heavy atom. The smallest absolute Gasteiger partial charge is 0.256 e. The number of benzene rings is 1. The summed E-state index contributed by atoms with van der Waals surface area (Å²) < 4.78 is 5.86. The summed E-state index contributed by atoms with van der Waals surface area (Å²) in [6, 6.07) is 8.88. The Morgan fingerprint density at radius 3 is 2.79 bits per heavy atom. The number of rotatable bonds is 3. The maximum Gasteiger partial charge on any atom is 0.256 e. The molecule has 5 heteroatoms. The Balaban J connectivity index is 2.21. The molecule has 0 fully saturated rings. The number of nitrogens with zero attached hydrogens (tertiary/aromatic N) is 1. The van der Waals surface area contributed by atoms with Crippen molar-refractivity contribution in [1.82, 2.24) is 4.98 Å². The van der Waals surface area contributed by atoms with Gasteiger partial charge in [0.25, 0.3) is 5.91 Å². The van der Waals surface area contributed by atoms with Crippen LogP contribution in [-0.4, -0.2) is 18.0 Å². The summed E-state index contributed by atoms with van der Waals surface area (Å²) >= 11 is 3.35. The van der Waals surface area contributed by atoms with Crippen LogP contribution in [0.4, 0.5) is 5.82 Å². The van der Waals surface area contributed by atoms with Crippen LogP contribution in [0.15, 0.2) is 41.0 Å². The van der Waals surface area contributed by atoms with Crippen molar-refractivity contribution in [3.05, 3.63) is 52.1 Å². The van der Waals surface area contributed by atoms with Crippen LogP contribution in [0.3, 0.4) is 0 Å². The predicted octanol–water partition coefficient (Wildman–Crippen LogP) is 3.41. The largest absolute Gasteiger partial charge is 0.496 e. The van der Waals surface area contributed by atoms with E-state index in [0.717, 1.165) is 10.0 Å². The van der Waals surface area contributed by atoms with Gasteiger partial charge < -0.3 is 10.1 Å². The minimum Gasteiger partial charge on any atom is -0.496 e. The number of ether oxygens (including phenoxy) is 1. The molecule has 0 bridgehead atoms. The average Bonchev–Trinajstić information content (AvgIpc) is 2.41. The summed E-state index contributed by atoms with van der Waals surface area (Å²) in [6.45, 7) is 1.90. The summed E-state index contributed by atoms with van der Waals surface area (Å²) in [5.74, 6) is 1.05. The van der Waals surface area contributed by atoms with Crippen LogP contribution in [0.2, 0.25) is 0 Å². The molecule has 1 heterocycles. The first-order chi connectivity index (χ1) is 9.11. The lowest BCUT2D eigenvalue weighted by Gasteiger charge is -2.08. The Hall–Kier alpha value is -1.88. The van der Waals surface area contributed by atoms with Gasteiger partial charge in [-0.3, -0.25) is 4.79 Å². The highest BCUT2D eigenvalue weighted by Gasteiger charge is 2.10. The van der Waals surface area contributed by atoms with E-state index in [1.54, 1.807) is 31.5 Å². The number of amides is 1. The molecule has 0 atom stereocenters. The number of halogens is 1. The zero-order valence-electron chi connectivity index (χ0n) is 10.6. The van der Waals surface area contributed by atoms with Crippen LogP contribution >= 0.6 is 15.9 Å². The Kier molecular flexibility index (Phi) is 4.16. The maximum absolute atomic E-state index is 12.1. The van der Waals surface area contributed by atoms with E-state index in [0.29, 0.717) is 17.1 Å². The molecule has 2 aromatic rings. The number of pyridine rings is 1. The molecular weight excluding hydrogens is 308 g/mol. The van der Waals surface area contributed by atoms with E-state index in [4.69, 9.17) is 4.74 Å². The zero-order valence-corrected chi connectivity index (χ0v) is 12.2. The molecule has 1 aromatic carbocycles. The number of hydrogen-bond acceptors (Lipinski definition) is 3. The van der Waals surface area contributed by atoms with Crippen molar-refractivity contribution in [2.45, 2.75) is 6.92 Å². The molecule has 0 radical (unpaired) electrons. The van der Waals surface area contributed by atoms with Crippen LogP contribution < -0.4 is 10.1 Å². The predicted molar refractivity (Wildman–Crippen MR) is 77.6 cm³/mol. The minimum absolute atomic E-state index is 0.204. The molecule has 0 aliphatic heterocycles. The number of anilines is 1. The lowest BCUT2D eigenvalue weighted by Crippen LogP contribution is -2.13. The molecule has 0 spiro atoms. The second-order valence-corrected chi connectivity index (χ2v) is 4.83. The van der Waals surface area contributed by atoms with Crippen LogP contribution in [0.1, 0.15) is 15.9 Å². The molecule has 1 aromatic heterocycles. The number of carbonyl (C=O) groups is 1. The lowest BCUT2D eigenvalue weighted by atomic mass is 10.2. The zero-order chi connectivity index (χ0) is 13.8. The quantitative estimate of drug-likeness (QED) is 0.942. The van der Waals surface area contributed by atoms with E-state index in [1.807, 2.05) is 19.1 Å².